The average Bonchev–Trinajstić information content (AvgIpc) is 3.21. The summed E-state index contributed by atoms with van der Waals surface area (Å²) >= 11 is 0. The van der Waals surface area contributed by atoms with Gasteiger partial charge in [0.2, 0.25) is 0 Å². The van der Waals surface area contributed by atoms with E-state index in [0.717, 1.165) is 25.3 Å². The molecule has 1 aliphatic heterocycles. The van der Waals surface area contributed by atoms with Crippen molar-refractivity contribution in [3.05, 3.63) is 114 Å². The number of rotatable bonds is 9. The van der Waals surface area contributed by atoms with Crippen LogP contribution in [0.4, 0.5) is 16.2 Å². The number of nitrogens with one attached hydrogen (secondary N) is 3. The number of fused-ring (bicyclic) bond motifs is 1. The van der Waals surface area contributed by atoms with Gasteiger partial charge in [-0.25, -0.2) is 4.79 Å². The smallest absolute Gasteiger partial charge is 0.319 e. The van der Waals surface area contributed by atoms with Crippen LogP contribution < -0.4 is 20.7 Å². The molecule has 236 valence electrons. The van der Waals surface area contributed by atoms with Gasteiger partial charge in [-0.2, -0.15) is 0 Å². The number of urea groups is 1. The molecule has 0 radical (unpaired) electrons. The van der Waals surface area contributed by atoms with E-state index in [2.05, 4.69) is 55.9 Å². The lowest BCUT2D eigenvalue weighted by atomic mass is 10.1. The largest absolute Gasteiger partial charge is 0.457 e. The Morgan fingerprint density at radius 3 is 1.98 bits per heavy atom. The number of likely N-dealkylation sites (tertiary alicyclic amines) is 1. The number of anilines is 2. The second-order valence-electron chi connectivity index (χ2n) is 12.1. The first kappa shape index (κ1) is 30.9. The number of aromatic nitrogens is 1. The third kappa shape index (κ3) is 7.76. The van der Waals surface area contributed by atoms with Gasteiger partial charge in [0.1, 0.15) is 11.5 Å². The predicted molar refractivity (Wildman–Crippen MR) is 185 cm³/mol. The lowest BCUT2D eigenvalue weighted by Crippen LogP contribution is -2.34. The molecule has 4 aromatic carbocycles. The van der Waals surface area contributed by atoms with Crippen LogP contribution in [0.25, 0.3) is 16.6 Å². The van der Waals surface area contributed by atoms with E-state index < -0.39 is 0 Å². The Labute approximate surface area is 270 Å². The lowest BCUT2D eigenvalue weighted by molar-refractivity contribution is 0.102. The number of nitrogens with zero attached hydrogens (tertiary/aromatic N) is 2. The fourth-order valence-corrected chi connectivity index (χ4v) is 5.88. The van der Waals surface area contributed by atoms with Gasteiger partial charge in [0, 0.05) is 46.8 Å². The van der Waals surface area contributed by atoms with Gasteiger partial charge >= 0.3 is 6.03 Å². The van der Waals surface area contributed by atoms with Crippen molar-refractivity contribution in [3.63, 3.8) is 0 Å². The highest BCUT2D eigenvalue weighted by Gasteiger charge is 2.15. The summed E-state index contributed by atoms with van der Waals surface area (Å²) in [4.78, 5) is 27.6. The summed E-state index contributed by atoms with van der Waals surface area (Å²) in [7, 11) is 0. The highest BCUT2D eigenvalue weighted by Crippen LogP contribution is 2.28. The van der Waals surface area contributed by atoms with Crippen LogP contribution in [-0.4, -0.2) is 40.5 Å². The molecule has 2 heterocycles. The van der Waals surface area contributed by atoms with E-state index >= 15 is 0 Å². The van der Waals surface area contributed by atoms with Gasteiger partial charge in [-0.3, -0.25) is 9.69 Å². The number of para-hydroxylation sites is 1. The summed E-state index contributed by atoms with van der Waals surface area (Å²) in [6.07, 6.45) is 7.46. The Kier molecular flexibility index (Phi) is 9.65. The molecule has 0 bridgehead atoms. The number of amides is 3. The number of hydrogen-bond donors (Lipinski definition) is 3. The van der Waals surface area contributed by atoms with Crippen LogP contribution in [0.15, 0.2) is 103 Å². The lowest BCUT2D eigenvalue weighted by Gasteiger charge is -2.19. The number of ether oxygens (including phenoxy) is 1. The third-order valence-electron chi connectivity index (χ3n) is 8.17. The summed E-state index contributed by atoms with van der Waals surface area (Å²) in [5.74, 6) is 1.09. The van der Waals surface area contributed by atoms with Gasteiger partial charge in [0.15, 0.2) is 0 Å². The maximum Gasteiger partial charge on any atom is 0.319 e. The zero-order valence-corrected chi connectivity index (χ0v) is 26.5. The zero-order chi connectivity index (χ0) is 31.9. The minimum Gasteiger partial charge on any atom is -0.457 e. The zero-order valence-electron chi connectivity index (χ0n) is 26.5. The quantitative estimate of drug-likeness (QED) is 0.155. The van der Waals surface area contributed by atoms with Gasteiger partial charge in [0.05, 0.1) is 5.52 Å². The Hall–Kier alpha value is -5.08. The normalized spacial score (nSPS) is 13.7. The summed E-state index contributed by atoms with van der Waals surface area (Å²) in [5, 5.41) is 9.84. The van der Waals surface area contributed by atoms with Crippen molar-refractivity contribution >= 4 is 34.2 Å². The predicted octanol–water partition coefficient (Wildman–Crippen LogP) is 8.58. The maximum absolute atomic E-state index is 13.1. The van der Waals surface area contributed by atoms with Crippen molar-refractivity contribution in [2.45, 2.75) is 52.1 Å². The molecule has 8 nitrogen and oxygen atoms in total. The van der Waals surface area contributed by atoms with Gasteiger partial charge in [-0.05, 0) is 124 Å². The van der Waals surface area contributed by atoms with Crippen molar-refractivity contribution in [2.24, 2.45) is 0 Å². The third-order valence-corrected chi connectivity index (χ3v) is 8.17. The molecule has 1 aromatic heterocycles. The van der Waals surface area contributed by atoms with Crippen LogP contribution in [-0.2, 0) is 6.54 Å². The van der Waals surface area contributed by atoms with Crippen LogP contribution >= 0.6 is 0 Å². The van der Waals surface area contributed by atoms with Crippen LogP contribution in [0.2, 0.25) is 0 Å². The van der Waals surface area contributed by atoms with E-state index in [-0.39, 0.29) is 18.0 Å². The molecule has 0 atom stereocenters. The molecule has 1 saturated heterocycles. The second kappa shape index (κ2) is 14.3. The van der Waals surface area contributed by atoms with Crippen molar-refractivity contribution in [1.82, 2.24) is 14.8 Å². The first-order chi connectivity index (χ1) is 22.4. The molecular weight excluding hydrogens is 574 g/mol. The summed E-state index contributed by atoms with van der Waals surface area (Å²) in [6.45, 7) is 7.09. The molecule has 0 saturated carbocycles. The molecule has 1 fully saturated rings. The van der Waals surface area contributed by atoms with Crippen LogP contribution in [0.3, 0.4) is 0 Å². The fourth-order valence-electron chi connectivity index (χ4n) is 5.88. The second-order valence-corrected chi connectivity index (χ2v) is 12.1. The molecule has 46 heavy (non-hydrogen) atoms. The van der Waals surface area contributed by atoms with Crippen molar-refractivity contribution in [2.75, 3.05) is 23.7 Å². The Balaban J connectivity index is 1.07. The van der Waals surface area contributed by atoms with Crippen LogP contribution in [0.1, 0.15) is 55.5 Å². The average molecular weight is 616 g/mol. The Morgan fingerprint density at radius 1 is 0.739 bits per heavy atom. The summed E-state index contributed by atoms with van der Waals surface area (Å²) in [6, 6.07) is 30.5. The van der Waals surface area contributed by atoms with Crippen LogP contribution in [0, 0.1) is 0 Å². The highest BCUT2D eigenvalue weighted by molar-refractivity contribution is 6.04. The Bertz CT molecular complexity index is 1770. The summed E-state index contributed by atoms with van der Waals surface area (Å²) < 4.78 is 8.17. The number of carbonyl (C=O) groups is 2. The van der Waals surface area contributed by atoms with Gasteiger partial charge in [-0.1, -0.05) is 31.0 Å². The van der Waals surface area contributed by atoms with E-state index in [9.17, 15) is 9.59 Å². The fraction of sp³-hybridized carbons (Fsp3) is 0.263. The first-order valence-corrected chi connectivity index (χ1v) is 16.1. The van der Waals surface area contributed by atoms with Crippen molar-refractivity contribution < 1.29 is 14.3 Å². The molecule has 0 aliphatic carbocycles. The SMILES string of the molecule is CC(C)NC(=O)Nc1ccc(Oc2ccc(NC(=O)c3ccc(-n4cc(CN5CCCCCC5)c5ccccc54)cc3)cc2)cc1. The van der Waals surface area contributed by atoms with Crippen LogP contribution in [0.5, 0.6) is 11.5 Å². The van der Waals surface area contributed by atoms with Gasteiger partial charge in [0.25, 0.3) is 5.91 Å². The highest BCUT2D eigenvalue weighted by atomic mass is 16.5. The van der Waals surface area contributed by atoms with Gasteiger partial charge < -0.3 is 25.3 Å². The maximum atomic E-state index is 13.1. The van der Waals surface area contributed by atoms with E-state index in [4.69, 9.17) is 4.74 Å². The number of benzene rings is 4. The molecular formula is C38H41N5O3. The molecule has 8 heteroatoms. The van der Waals surface area contributed by atoms with E-state index in [1.165, 1.54) is 42.1 Å². The number of carbonyl (C=O) groups excluding carboxylic acids is 2. The summed E-state index contributed by atoms with van der Waals surface area (Å²) in [5.41, 5.74) is 5.47. The monoisotopic (exact) mass is 615 g/mol. The standard InChI is InChI=1S/C38H41N5O3/c1-27(2)39-38(45)41-31-15-21-34(22-16-31)46-33-19-13-30(14-20-33)40-37(44)28-11-17-32(18-12-28)43-26-29(35-9-5-6-10-36(35)43)25-42-23-7-3-4-8-24-42/h5-6,9-22,26-27H,3-4,7-8,23-25H2,1-2H3,(H,40,44)(H2,39,41,45). The minimum absolute atomic E-state index is 0.0552. The minimum atomic E-state index is -0.251. The molecule has 0 unspecified atom stereocenters. The Morgan fingerprint density at radius 2 is 1.35 bits per heavy atom. The molecule has 0 spiro atoms. The van der Waals surface area contributed by atoms with Crippen molar-refractivity contribution in [3.8, 4) is 17.2 Å². The topological polar surface area (TPSA) is 87.6 Å². The van der Waals surface area contributed by atoms with E-state index in [0.29, 0.717) is 28.4 Å². The molecule has 6 rings (SSSR count). The molecule has 5 aromatic rings. The molecule has 3 amide bonds. The van der Waals surface area contributed by atoms with E-state index in [1.807, 2.05) is 50.2 Å². The van der Waals surface area contributed by atoms with Crippen molar-refractivity contribution in [1.29, 1.82) is 0 Å². The molecule has 1 aliphatic rings. The van der Waals surface area contributed by atoms with E-state index in [1.54, 1.807) is 36.4 Å². The molecule has 3 N–H and O–H groups in total. The van der Waals surface area contributed by atoms with Gasteiger partial charge in [-0.15, -0.1) is 0 Å². The number of hydrogen-bond acceptors (Lipinski definition) is 4. The first-order valence-electron chi connectivity index (χ1n) is 16.1.